The Hall–Kier alpha value is -1.59. The van der Waals surface area contributed by atoms with Gasteiger partial charge < -0.3 is 5.32 Å². The zero-order valence-electron chi connectivity index (χ0n) is 8.71. The van der Waals surface area contributed by atoms with Gasteiger partial charge in [-0.25, -0.2) is 0 Å². The predicted molar refractivity (Wildman–Crippen MR) is 50.4 cm³/mol. The maximum absolute atomic E-state index is 11.8. The topological polar surface area (TPSA) is 33.0 Å². The molecule has 1 aromatic heterocycles. The van der Waals surface area contributed by atoms with Crippen LogP contribution in [0.2, 0.25) is 0 Å². The number of aryl methyl sites for hydroxylation is 1. The Kier molecular flexibility index (Phi) is 3.87. The third-order valence-corrected chi connectivity index (χ3v) is 1.87. The van der Waals surface area contributed by atoms with E-state index in [0.29, 0.717) is 0 Å². The lowest BCUT2D eigenvalue weighted by atomic mass is 10.3. The van der Waals surface area contributed by atoms with E-state index in [1.54, 1.807) is 29.8 Å². The number of carbonyl (C=O) groups is 1. The Morgan fingerprint density at radius 1 is 1.38 bits per heavy atom. The van der Waals surface area contributed by atoms with Crippen LogP contribution in [0.25, 0.3) is 0 Å². The molecule has 88 valence electrons. The van der Waals surface area contributed by atoms with Gasteiger partial charge in [0.2, 0.25) is 6.54 Å². The lowest BCUT2D eigenvalue weighted by Gasteiger charge is -2.06. The first kappa shape index (κ1) is 12.5. The van der Waals surface area contributed by atoms with Gasteiger partial charge in [0.15, 0.2) is 12.4 Å². The number of hydrogen-bond acceptors (Lipinski definition) is 1. The number of aromatic nitrogens is 1. The summed E-state index contributed by atoms with van der Waals surface area (Å²) in [6.07, 6.45) is -1.08. The molecule has 0 saturated heterocycles. The minimum atomic E-state index is -4.37. The number of nitrogens with one attached hydrogen (secondary N) is 1. The average Bonchev–Trinajstić information content (AvgIpc) is 2.18. The van der Waals surface area contributed by atoms with Gasteiger partial charge in [0.25, 0.3) is 5.91 Å². The smallest absolute Gasteiger partial charge is 0.341 e. The summed E-state index contributed by atoms with van der Waals surface area (Å²) in [6.45, 7) is 0.475. The van der Waals surface area contributed by atoms with Gasteiger partial charge >= 0.3 is 6.18 Å². The molecule has 0 saturated carbocycles. The Morgan fingerprint density at radius 2 is 1.94 bits per heavy atom. The van der Waals surface area contributed by atoms with Crippen LogP contribution < -0.4 is 9.88 Å². The van der Waals surface area contributed by atoms with Gasteiger partial charge in [-0.2, -0.15) is 17.7 Å². The van der Waals surface area contributed by atoms with E-state index < -0.39 is 18.6 Å². The molecule has 16 heavy (non-hydrogen) atoms. The van der Waals surface area contributed by atoms with E-state index in [-0.39, 0.29) is 6.54 Å². The second-order valence-corrected chi connectivity index (χ2v) is 3.44. The number of alkyl halides is 3. The number of amides is 1. The number of nitrogens with zero attached hydrogens (tertiary/aromatic N) is 1. The third-order valence-electron chi connectivity index (χ3n) is 1.87. The molecule has 1 aromatic rings. The molecule has 6 heteroatoms. The van der Waals surface area contributed by atoms with Crippen molar-refractivity contribution in [3.63, 3.8) is 0 Å². The Morgan fingerprint density at radius 3 is 2.44 bits per heavy atom. The molecule has 0 fully saturated rings. The molecule has 0 aliphatic rings. The van der Waals surface area contributed by atoms with Crippen LogP contribution in [-0.4, -0.2) is 18.6 Å². The van der Waals surface area contributed by atoms with Crippen LogP contribution in [0.3, 0.4) is 0 Å². The van der Waals surface area contributed by atoms with E-state index in [0.717, 1.165) is 5.56 Å². The molecule has 3 nitrogen and oxygen atoms in total. The van der Waals surface area contributed by atoms with Crippen molar-refractivity contribution in [3.05, 3.63) is 30.1 Å². The van der Waals surface area contributed by atoms with E-state index in [9.17, 15) is 18.0 Å². The first-order chi connectivity index (χ1) is 7.37. The van der Waals surface area contributed by atoms with Gasteiger partial charge in [-0.15, -0.1) is 0 Å². The fraction of sp³-hybridized carbons (Fsp3) is 0.400. The summed E-state index contributed by atoms with van der Waals surface area (Å²) in [7, 11) is 0. The van der Waals surface area contributed by atoms with E-state index >= 15 is 0 Å². The zero-order chi connectivity index (χ0) is 12.2. The molecule has 0 spiro atoms. The minimum Gasteiger partial charge on any atom is -0.341 e. The van der Waals surface area contributed by atoms with Crippen LogP contribution in [0, 0.1) is 6.92 Å². The second-order valence-electron chi connectivity index (χ2n) is 3.44. The highest BCUT2D eigenvalue weighted by Gasteiger charge is 2.28. The van der Waals surface area contributed by atoms with Crippen molar-refractivity contribution in [2.45, 2.75) is 19.6 Å². The standard InChI is InChI=1S/C10H11F3N2O/c1-8-2-4-15(5-3-8)6-9(16)14-7-10(11,12)13/h2-5H,6-7H2,1H3/p+1. The van der Waals surface area contributed by atoms with Crippen molar-refractivity contribution in [3.8, 4) is 0 Å². The number of rotatable bonds is 3. The Labute approximate surface area is 90.9 Å². The molecule has 0 aromatic carbocycles. The van der Waals surface area contributed by atoms with Crippen LogP contribution in [0.1, 0.15) is 5.56 Å². The van der Waals surface area contributed by atoms with Gasteiger partial charge in [0.05, 0.1) is 0 Å². The molecule has 1 heterocycles. The van der Waals surface area contributed by atoms with Crippen molar-refractivity contribution < 1.29 is 22.5 Å². The fourth-order valence-electron chi connectivity index (χ4n) is 1.06. The first-order valence-electron chi connectivity index (χ1n) is 4.66. The molecule has 0 aliphatic carbocycles. The van der Waals surface area contributed by atoms with E-state index in [1.165, 1.54) is 4.57 Å². The quantitative estimate of drug-likeness (QED) is 0.775. The number of carbonyl (C=O) groups excluding carboxylic acids is 1. The Balaban J connectivity index is 2.43. The molecule has 0 unspecified atom stereocenters. The van der Waals surface area contributed by atoms with Crippen LogP contribution in [-0.2, 0) is 11.3 Å². The fourth-order valence-corrected chi connectivity index (χ4v) is 1.06. The lowest BCUT2D eigenvalue weighted by Crippen LogP contribution is -2.44. The van der Waals surface area contributed by atoms with Crippen molar-refractivity contribution >= 4 is 5.91 Å². The van der Waals surface area contributed by atoms with Crippen molar-refractivity contribution in [1.29, 1.82) is 0 Å². The minimum absolute atomic E-state index is 0.115. The predicted octanol–water partition coefficient (Wildman–Crippen LogP) is 0.961. The van der Waals surface area contributed by atoms with Crippen LogP contribution >= 0.6 is 0 Å². The summed E-state index contributed by atoms with van der Waals surface area (Å²) in [5.74, 6) is -0.661. The van der Waals surface area contributed by atoms with E-state index in [2.05, 4.69) is 0 Å². The zero-order valence-corrected chi connectivity index (χ0v) is 8.71. The van der Waals surface area contributed by atoms with Gasteiger partial charge in [0, 0.05) is 12.1 Å². The Bertz CT molecular complexity index is 359. The van der Waals surface area contributed by atoms with Crippen molar-refractivity contribution in [1.82, 2.24) is 5.32 Å². The SMILES string of the molecule is Cc1cc[n+](CC(=O)NCC(F)(F)F)cc1. The summed E-state index contributed by atoms with van der Waals surface area (Å²) >= 11 is 0. The number of halogens is 3. The largest absolute Gasteiger partial charge is 0.405 e. The molecule has 0 aliphatic heterocycles. The van der Waals surface area contributed by atoms with Crippen molar-refractivity contribution in [2.24, 2.45) is 0 Å². The third kappa shape index (κ3) is 4.77. The van der Waals surface area contributed by atoms with Crippen LogP contribution in [0.15, 0.2) is 24.5 Å². The molecule has 1 amide bonds. The molecular formula is C10H12F3N2O+. The monoisotopic (exact) mass is 233 g/mol. The van der Waals surface area contributed by atoms with Crippen molar-refractivity contribution in [2.75, 3.05) is 6.54 Å². The van der Waals surface area contributed by atoms with Gasteiger partial charge in [-0.1, -0.05) is 0 Å². The van der Waals surface area contributed by atoms with E-state index in [4.69, 9.17) is 0 Å². The maximum atomic E-state index is 11.8. The summed E-state index contributed by atoms with van der Waals surface area (Å²) in [4.78, 5) is 11.1. The summed E-state index contributed by atoms with van der Waals surface area (Å²) in [6, 6.07) is 3.55. The molecule has 0 radical (unpaired) electrons. The molecule has 0 bridgehead atoms. The molecule has 1 N–H and O–H groups in total. The highest BCUT2D eigenvalue weighted by molar-refractivity contribution is 5.74. The second kappa shape index (κ2) is 4.96. The van der Waals surface area contributed by atoms with Crippen LogP contribution in [0.4, 0.5) is 13.2 Å². The van der Waals surface area contributed by atoms with E-state index in [1.807, 2.05) is 6.92 Å². The maximum Gasteiger partial charge on any atom is 0.405 e. The normalized spacial score (nSPS) is 11.2. The summed E-state index contributed by atoms with van der Waals surface area (Å²) in [5.41, 5.74) is 1.02. The lowest BCUT2D eigenvalue weighted by molar-refractivity contribution is -0.684. The highest BCUT2D eigenvalue weighted by atomic mass is 19.4. The summed E-state index contributed by atoms with van der Waals surface area (Å²) in [5, 5.41) is 1.80. The first-order valence-corrected chi connectivity index (χ1v) is 4.66. The number of pyridine rings is 1. The van der Waals surface area contributed by atoms with Gasteiger partial charge in [0.1, 0.15) is 6.54 Å². The summed E-state index contributed by atoms with van der Waals surface area (Å²) < 4.78 is 36.9. The van der Waals surface area contributed by atoms with Crippen LogP contribution in [0.5, 0.6) is 0 Å². The van der Waals surface area contributed by atoms with Gasteiger partial charge in [-0.3, -0.25) is 4.79 Å². The number of hydrogen-bond donors (Lipinski definition) is 1. The molecule has 1 rings (SSSR count). The average molecular weight is 233 g/mol. The van der Waals surface area contributed by atoms with Gasteiger partial charge in [-0.05, 0) is 12.5 Å². The molecule has 0 atom stereocenters. The highest BCUT2D eigenvalue weighted by Crippen LogP contribution is 2.11. The molecular weight excluding hydrogens is 221 g/mol.